The molecule has 0 aliphatic carbocycles. The molecular weight excluding hydrogens is 342 g/mol. The Morgan fingerprint density at radius 2 is 2.00 bits per heavy atom. The normalized spacial score (nSPS) is 15.0. The molecule has 1 saturated heterocycles. The number of anilines is 1. The van der Waals surface area contributed by atoms with E-state index in [1.165, 1.54) is 0 Å². The molecule has 0 atom stereocenters. The van der Waals surface area contributed by atoms with Gasteiger partial charge >= 0.3 is 0 Å². The average molecular weight is 368 g/mol. The Bertz CT molecular complexity index is 603. The van der Waals surface area contributed by atoms with Crippen LogP contribution in [0.5, 0.6) is 0 Å². The van der Waals surface area contributed by atoms with Gasteiger partial charge in [0.15, 0.2) is 0 Å². The summed E-state index contributed by atoms with van der Waals surface area (Å²) >= 11 is 5.97. The van der Waals surface area contributed by atoms with Crippen LogP contribution in [0.15, 0.2) is 18.2 Å². The molecular formula is C18H26ClN3O3. The lowest BCUT2D eigenvalue weighted by molar-refractivity contribution is -0.129. The van der Waals surface area contributed by atoms with Crippen LogP contribution in [-0.2, 0) is 14.3 Å². The van der Waals surface area contributed by atoms with Gasteiger partial charge in [-0.1, -0.05) is 17.7 Å². The van der Waals surface area contributed by atoms with Gasteiger partial charge in [-0.2, -0.15) is 0 Å². The third-order valence-corrected chi connectivity index (χ3v) is 4.55. The Hall–Kier alpha value is -1.63. The molecule has 1 aromatic carbocycles. The average Bonchev–Trinajstić information content (AvgIpc) is 2.58. The Kier molecular flexibility index (Phi) is 7.68. The van der Waals surface area contributed by atoms with Crippen LogP contribution in [0.4, 0.5) is 5.69 Å². The summed E-state index contributed by atoms with van der Waals surface area (Å²) < 4.78 is 5.32. The molecule has 2 amide bonds. The van der Waals surface area contributed by atoms with Crippen molar-refractivity contribution in [2.24, 2.45) is 0 Å². The van der Waals surface area contributed by atoms with E-state index in [1.54, 1.807) is 24.0 Å². The molecule has 1 aliphatic rings. The number of benzene rings is 1. The summed E-state index contributed by atoms with van der Waals surface area (Å²) in [6.07, 6.45) is 0.259. The van der Waals surface area contributed by atoms with Crippen molar-refractivity contribution in [2.75, 3.05) is 51.3 Å². The summed E-state index contributed by atoms with van der Waals surface area (Å²) in [5.41, 5.74) is 1.66. The van der Waals surface area contributed by atoms with Crippen molar-refractivity contribution in [1.82, 2.24) is 9.80 Å². The fourth-order valence-corrected chi connectivity index (χ4v) is 2.86. The maximum atomic E-state index is 12.2. The molecule has 1 N–H and O–H groups in total. The van der Waals surface area contributed by atoms with Gasteiger partial charge in [0.05, 0.1) is 13.2 Å². The van der Waals surface area contributed by atoms with Crippen LogP contribution in [0.25, 0.3) is 0 Å². The zero-order valence-electron chi connectivity index (χ0n) is 14.9. The molecule has 0 radical (unpaired) electrons. The van der Waals surface area contributed by atoms with Gasteiger partial charge in [0.1, 0.15) is 0 Å². The lowest BCUT2D eigenvalue weighted by Gasteiger charge is -2.29. The summed E-state index contributed by atoms with van der Waals surface area (Å²) in [5.74, 6) is -0.136. The molecule has 2 rings (SSSR count). The van der Waals surface area contributed by atoms with Gasteiger partial charge in [-0.25, -0.2) is 0 Å². The van der Waals surface area contributed by atoms with Crippen LogP contribution in [0.3, 0.4) is 0 Å². The number of carbonyl (C=O) groups excluding carboxylic acids is 2. The van der Waals surface area contributed by atoms with E-state index in [2.05, 4.69) is 10.2 Å². The first-order valence-electron chi connectivity index (χ1n) is 8.57. The number of morpholine rings is 1. The van der Waals surface area contributed by atoms with Crippen molar-refractivity contribution >= 4 is 29.1 Å². The van der Waals surface area contributed by atoms with Gasteiger partial charge in [-0.05, 0) is 24.6 Å². The molecule has 7 heteroatoms. The second kappa shape index (κ2) is 9.75. The van der Waals surface area contributed by atoms with Crippen LogP contribution in [0.1, 0.15) is 18.9 Å². The number of nitrogens with one attached hydrogen (secondary N) is 1. The molecule has 138 valence electrons. The number of rotatable bonds is 7. The number of hydrogen-bond acceptors (Lipinski definition) is 4. The summed E-state index contributed by atoms with van der Waals surface area (Å²) in [6, 6.07) is 5.38. The second-order valence-electron chi connectivity index (χ2n) is 6.22. The van der Waals surface area contributed by atoms with Crippen LogP contribution < -0.4 is 5.32 Å². The first-order valence-corrected chi connectivity index (χ1v) is 8.95. The largest absolute Gasteiger partial charge is 0.379 e. The SMILES string of the molecule is CC(=O)N(CCC(=O)Nc1cc(Cl)ccc1C)CCN1CCOCC1. The molecule has 1 aliphatic heterocycles. The molecule has 0 aromatic heterocycles. The Labute approximate surface area is 154 Å². The fourth-order valence-electron chi connectivity index (χ4n) is 2.69. The van der Waals surface area contributed by atoms with E-state index >= 15 is 0 Å². The van der Waals surface area contributed by atoms with E-state index in [0.29, 0.717) is 23.8 Å². The minimum atomic E-state index is -0.122. The van der Waals surface area contributed by atoms with Crippen molar-refractivity contribution in [1.29, 1.82) is 0 Å². The van der Waals surface area contributed by atoms with Gasteiger partial charge in [0.25, 0.3) is 0 Å². The van der Waals surface area contributed by atoms with E-state index in [9.17, 15) is 9.59 Å². The smallest absolute Gasteiger partial charge is 0.226 e. The Morgan fingerprint density at radius 1 is 1.28 bits per heavy atom. The third kappa shape index (κ3) is 6.65. The first kappa shape index (κ1) is 19.7. The van der Waals surface area contributed by atoms with Crippen molar-refractivity contribution in [3.05, 3.63) is 28.8 Å². The molecule has 1 aromatic rings. The molecule has 0 saturated carbocycles. The summed E-state index contributed by atoms with van der Waals surface area (Å²) in [5, 5.41) is 3.44. The standard InChI is InChI=1S/C18H26ClN3O3/c1-14-3-4-16(19)13-17(14)20-18(24)5-6-22(15(2)23)8-7-21-9-11-25-12-10-21/h3-4,13H,5-12H2,1-2H3,(H,20,24). The fraction of sp³-hybridized carbons (Fsp3) is 0.556. The third-order valence-electron chi connectivity index (χ3n) is 4.32. The Morgan fingerprint density at radius 3 is 2.68 bits per heavy atom. The monoisotopic (exact) mass is 367 g/mol. The predicted octanol–water partition coefficient (Wildman–Crippen LogP) is 2.16. The van der Waals surface area contributed by atoms with Crippen LogP contribution in [-0.4, -0.2) is 67.6 Å². The number of carbonyl (C=O) groups is 2. The van der Waals surface area contributed by atoms with Crippen molar-refractivity contribution < 1.29 is 14.3 Å². The number of ether oxygens (including phenoxy) is 1. The lowest BCUT2D eigenvalue weighted by Crippen LogP contribution is -2.43. The molecule has 0 bridgehead atoms. The number of halogens is 1. The minimum absolute atomic E-state index is 0.0139. The van der Waals surface area contributed by atoms with Gasteiger partial charge in [-0.3, -0.25) is 14.5 Å². The highest BCUT2D eigenvalue weighted by molar-refractivity contribution is 6.31. The molecule has 6 nitrogen and oxygen atoms in total. The maximum absolute atomic E-state index is 12.2. The zero-order valence-corrected chi connectivity index (χ0v) is 15.6. The van der Waals surface area contributed by atoms with E-state index in [0.717, 1.165) is 38.4 Å². The summed E-state index contributed by atoms with van der Waals surface area (Å²) in [4.78, 5) is 28.0. The van der Waals surface area contributed by atoms with Crippen LogP contribution >= 0.6 is 11.6 Å². The molecule has 1 fully saturated rings. The van der Waals surface area contributed by atoms with Crippen molar-refractivity contribution in [2.45, 2.75) is 20.3 Å². The number of amides is 2. The number of aryl methyl sites for hydroxylation is 1. The van der Waals surface area contributed by atoms with Gasteiger partial charge < -0.3 is 15.0 Å². The highest BCUT2D eigenvalue weighted by Crippen LogP contribution is 2.20. The highest BCUT2D eigenvalue weighted by atomic mass is 35.5. The van der Waals surface area contributed by atoms with E-state index < -0.39 is 0 Å². The lowest BCUT2D eigenvalue weighted by atomic mass is 10.2. The van der Waals surface area contributed by atoms with Crippen molar-refractivity contribution in [3.63, 3.8) is 0 Å². The number of hydrogen-bond donors (Lipinski definition) is 1. The highest BCUT2D eigenvalue weighted by Gasteiger charge is 2.15. The van der Waals surface area contributed by atoms with E-state index in [1.807, 2.05) is 13.0 Å². The van der Waals surface area contributed by atoms with E-state index in [-0.39, 0.29) is 18.2 Å². The minimum Gasteiger partial charge on any atom is -0.379 e. The quantitative estimate of drug-likeness (QED) is 0.802. The maximum Gasteiger partial charge on any atom is 0.226 e. The molecule has 0 unspecified atom stereocenters. The van der Waals surface area contributed by atoms with Crippen molar-refractivity contribution in [3.8, 4) is 0 Å². The van der Waals surface area contributed by atoms with E-state index in [4.69, 9.17) is 16.3 Å². The number of nitrogens with zero attached hydrogens (tertiary/aromatic N) is 2. The predicted molar refractivity (Wildman–Crippen MR) is 98.9 cm³/mol. The Balaban J connectivity index is 1.80. The van der Waals surface area contributed by atoms with Gasteiger partial charge in [0, 0.05) is 56.8 Å². The molecule has 25 heavy (non-hydrogen) atoms. The summed E-state index contributed by atoms with van der Waals surface area (Å²) in [6.45, 7) is 8.54. The zero-order chi connectivity index (χ0) is 18.2. The topological polar surface area (TPSA) is 61.9 Å². The first-order chi connectivity index (χ1) is 12.0. The molecule has 1 heterocycles. The molecule has 0 spiro atoms. The van der Waals surface area contributed by atoms with Crippen LogP contribution in [0, 0.1) is 6.92 Å². The van der Waals surface area contributed by atoms with Crippen LogP contribution in [0.2, 0.25) is 5.02 Å². The summed E-state index contributed by atoms with van der Waals surface area (Å²) in [7, 11) is 0. The van der Waals surface area contributed by atoms with Gasteiger partial charge in [-0.15, -0.1) is 0 Å². The second-order valence-corrected chi connectivity index (χ2v) is 6.65. The van der Waals surface area contributed by atoms with Gasteiger partial charge in [0.2, 0.25) is 11.8 Å².